The number of carbonyl (C=O) groups is 3. The van der Waals surface area contributed by atoms with Gasteiger partial charge in [-0.1, -0.05) is 42.8 Å². The predicted molar refractivity (Wildman–Crippen MR) is 123 cm³/mol. The molecular weight excluding hydrogens is 432 g/mol. The van der Waals surface area contributed by atoms with Crippen LogP contribution in [0.5, 0.6) is 0 Å². The van der Waals surface area contributed by atoms with E-state index in [0.29, 0.717) is 22.6 Å². The number of alkyl carbamates (subject to hydrolysis) is 1. The molecule has 0 saturated heterocycles. The topological polar surface area (TPSA) is 93.7 Å². The van der Waals surface area contributed by atoms with Crippen LogP contribution in [0.1, 0.15) is 67.7 Å². The lowest BCUT2D eigenvalue weighted by molar-refractivity contribution is -0.124. The molecule has 0 radical (unpaired) electrons. The Balaban J connectivity index is 2.25. The average Bonchev–Trinajstić information content (AvgIpc) is 2.74. The Morgan fingerprint density at radius 2 is 1.66 bits per heavy atom. The summed E-state index contributed by atoms with van der Waals surface area (Å²) < 4.78 is 10.0. The highest BCUT2D eigenvalue weighted by molar-refractivity contribution is 6.30. The van der Waals surface area contributed by atoms with Crippen molar-refractivity contribution in [3.8, 4) is 0 Å². The van der Waals surface area contributed by atoms with E-state index in [1.807, 2.05) is 6.92 Å². The van der Waals surface area contributed by atoms with Gasteiger partial charge in [-0.3, -0.25) is 4.79 Å². The molecule has 0 aromatic heterocycles. The monoisotopic (exact) mass is 460 g/mol. The zero-order valence-corrected chi connectivity index (χ0v) is 19.7. The number of amides is 2. The van der Waals surface area contributed by atoms with Crippen LogP contribution in [0.15, 0.2) is 48.5 Å². The number of esters is 1. The standard InChI is InChI=1S/C24H29ClN2O5/c1-6-19(15-10-12-16(13-11-15)22(29)31-5)26-21(28)20(17-8-7-9-18(25)14-17)27-23(30)32-24(2,3)4/h7-14,19-20H,6H2,1-5H3,(H,26,28)(H,27,30)/t19-,20?/m1/s1. The Hall–Kier alpha value is -3.06. The number of methoxy groups -OCH3 is 1. The largest absolute Gasteiger partial charge is 0.465 e. The van der Waals surface area contributed by atoms with Gasteiger partial charge in [-0.25, -0.2) is 9.59 Å². The molecule has 2 N–H and O–H groups in total. The fourth-order valence-electron chi connectivity index (χ4n) is 3.06. The highest BCUT2D eigenvalue weighted by Gasteiger charge is 2.27. The lowest BCUT2D eigenvalue weighted by Crippen LogP contribution is -2.43. The first-order valence-electron chi connectivity index (χ1n) is 10.3. The molecule has 0 fully saturated rings. The molecular formula is C24H29ClN2O5. The molecule has 2 rings (SSSR count). The van der Waals surface area contributed by atoms with Crippen molar-refractivity contribution in [1.29, 1.82) is 0 Å². The summed E-state index contributed by atoms with van der Waals surface area (Å²) >= 11 is 6.10. The summed E-state index contributed by atoms with van der Waals surface area (Å²) in [4.78, 5) is 37.3. The molecule has 2 amide bonds. The van der Waals surface area contributed by atoms with Crippen molar-refractivity contribution in [2.45, 2.75) is 51.8 Å². The van der Waals surface area contributed by atoms with Gasteiger partial charge in [-0.15, -0.1) is 0 Å². The third-order valence-electron chi connectivity index (χ3n) is 4.56. The maximum atomic E-state index is 13.2. The first-order chi connectivity index (χ1) is 15.0. The Morgan fingerprint density at radius 3 is 2.19 bits per heavy atom. The molecule has 1 unspecified atom stereocenters. The van der Waals surface area contributed by atoms with Crippen LogP contribution in [0.25, 0.3) is 0 Å². The highest BCUT2D eigenvalue weighted by Crippen LogP contribution is 2.23. The third kappa shape index (κ3) is 7.27. The summed E-state index contributed by atoms with van der Waals surface area (Å²) in [6.45, 7) is 7.15. The number of ether oxygens (including phenoxy) is 2. The van der Waals surface area contributed by atoms with Gasteiger partial charge in [0, 0.05) is 5.02 Å². The number of hydrogen-bond acceptors (Lipinski definition) is 5. The van der Waals surface area contributed by atoms with Crippen molar-refractivity contribution in [2.75, 3.05) is 7.11 Å². The SMILES string of the molecule is CC[C@@H](NC(=O)C(NC(=O)OC(C)(C)C)c1cccc(Cl)c1)c1ccc(C(=O)OC)cc1. The van der Waals surface area contributed by atoms with Crippen LogP contribution in [0.3, 0.4) is 0 Å². The molecule has 2 atom stereocenters. The summed E-state index contributed by atoms with van der Waals surface area (Å²) in [6.07, 6.45) is -0.119. The molecule has 2 aromatic rings. The van der Waals surface area contributed by atoms with E-state index in [0.717, 1.165) is 5.56 Å². The third-order valence-corrected chi connectivity index (χ3v) is 4.80. The first kappa shape index (κ1) is 25.2. The van der Waals surface area contributed by atoms with Crippen LogP contribution >= 0.6 is 11.6 Å². The summed E-state index contributed by atoms with van der Waals surface area (Å²) in [5.41, 5.74) is 1.04. The fraction of sp³-hybridized carbons (Fsp3) is 0.375. The second-order valence-corrected chi connectivity index (χ2v) is 8.65. The van der Waals surface area contributed by atoms with E-state index >= 15 is 0 Å². The molecule has 0 aliphatic carbocycles. The molecule has 0 saturated carbocycles. The summed E-state index contributed by atoms with van der Waals surface area (Å²) in [5.74, 6) is -0.849. The number of benzene rings is 2. The number of carbonyl (C=O) groups excluding carboxylic acids is 3. The lowest BCUT2D eigenvalue weighted by atomic mass is 10.0. The fourth-order valence-corrected chi connectivity index (χ4v) is 3.26. The number of nitrogens with one attached hydrogen (secondary N) is 2. The molecule has 32 heavy (non-hydrogen) atoms. The van der Waals surface area contributed by atoms with Crippen molar-refractivity contribution < 1.29 is 23.9 Å². The molecule has 0 heterocycles. The van der Waals surface area contributed by atoms with Crippen molar-refractivity contribution in [3.63, 3.8) is 0 Å². The second kappa shape index (κ2) is 11.0. The zero-order valence-electron chi connectivity index (χ0n) is 18.9. The van der Waals surface area contributed by atoms with Crippen LogP contribution in [-0.4, -0.2) is 30.7 Å². The maximum Gasteiger partial charge on any atom is 0.408 e. The van der Waals surface area contributed by atoms with Crippen molar-refractivity contribution in [3.05, 3.63) is 70.2 Å². The Morgan fingerprint density at radius 1 is 1.00 bits per heavy atom. The molecule has 8 heteroatoms. The van der Waals surface area contributed by atoms with E-state index in [9.17, 15) is 14.4 Å². The molecule has 172 valence electrons. The van der Waals surface area contributed by atoms with E-state index in [1.165, 1.54) is 7.11 Å². The Labute approximate surface area is 193 Å². The van der Waals surface area contributed by atoms with Crippen molar-refractivity contribution >= 4 is 29.6 Å². The molecule has 0 bridgehead atoms. The van der Waals surface area contributed by atoms with Gasteiger partial charge in [0.25, 0.3) is 0 Å². The molecule has 7 nitrogen and oxygen atoms in total. The second-order valence-electron chi connectivity index (χ2n) is 8.22. The predicted octanol–water partition coefficient (Wildman–Crippen LogP) is 4.96. The quantitative estimate of drug-likeness (QED) is 0.569. The van der Waals surface area contributed by atoms with Crippen LogP contribution in [0.2, 0.25) is 5.02 Å². The van der Waals surface area contributed by atoms with Gasteiger partial charge in [-0.2, -0.15) is 0 Å². The minimum absolute atomic E-state index is 0.337. The van der Waals surface area contributed by atoms with Gasteiger partial charge < -0.3 is 20.1 Å². The first-order valence-corrected chi connectivity index (χ1v) is 10.7. The van der Waals surface area contributed by atoms with Gasteiger partial charge in [0.15, 0.2) is 0 Å². The smallest absolute Gasteiger partial charge is 0.408 e. The van der Waals surface area contributed by atoms with E-state index in [1.54, 1.807) is 69.3 Å². The van der Waals surface area contributed by atoms with E-state index in [4.69, 9.17) is 21.1 Å². The normalized spacial score (nSPS) is 12.9. The Bertz CT molecular complexity index is 954. The van der Waals surface area contributed by atoms with E-state index < -0.39 is 29.6 Å². The van der Waals surface area contributed by atoms with Crippen molar-refractivity contribution in [1.82, 2.24) is 10.6 Å². The van der Waals surface area contributed by atoms with Crippen LogP contribution in [-0.2, 0) is 14.3 Å². The maximum absolute atomic E-state index is 13.2. The average molecular weight is 461 g/mol. The van der Waals surface area contributed by atoms with Crippen LogP contribution < -0.4 is 10.6 Å². The molecule has 0 aliphatic rings. The van der Waals surface area contributed by atoms with Gasteiger partial charge in [0.2, 0.25) is 5.91 Å². The molecule has 2 aromatic carbocycles. The van der Waals surface area contributed by atoms with Crippen LogP contribution in [0.4, 0.5) is 4.79 Å². The summed E-state index contributed by atoms with van der Waals surface area (Å²) in [6, 6.07) is 12.2. The molecule has 0 aliphatic heterocycles. The van der Waals surface area contributed by atoms with Crippen molar-refractivity contribution in [2.24, 2.45) is 0 Å². The number of rotatable bonds is 7. The van der Waals surface area contributed by atoms with Gasteiger partial charge in [0.1, 0.15) is 11.6 Å². The minimum atomic E-state index is -1.01. The lowest BCUT2D eigenvalue weighted by Gasteiger charge is -2.25. The van der Waals surface area contributed by atoms with E-state index in [2.05, 4.69) is 10.6 Å². The summed E-state index contributed by atoms with van der Waals surface area (Å²) in [7, 11) is 1.32. The Kier molecular flexibility index (Phi) is 8.66. The molecule has 0 spiro atoms. The number of halogens is 1. The zero-order chi connectivity index (χ0) is 23.9. The minimum Gasteiger partial charge on any atom is -0.465 e. The number of hydrogen-bond donors (Lipinski definition) is 2. The van der Waals surface area contributed by atoms with Crippen LogP contribution in [0, 0.1) is 0 Å². The summed E-state index contributed by atoms with van der Waals surface area (Å²) in [5, 5.41) is 6.04. The van der Waals surface area contributed by atoms with Gasteiger partial charge in [0.05, 0.1) is 18.7 Å². The van der Waals surface area contributed by atoms with E-state index in [-0.39, 0.29) is 6.04 Å². The highest BCUT2D eigenvalue weighted by atomic mass is 35.5. The van der Waals surface area contributed by atoms with Gasteiger partial charge >= 0.3 is 12.1 Å². The van der Waals surface area contributed by atoms with Gasteiger partial charge in [-0.05, 0) is 62.6 Å².